The van der Waals surface area contributed by atoms with E-state index in [4.69, 9.17) is 11.7 Å². The van der Waals surface area contributed by atoms with Crippen molar-refractivity contribution in [1.82, 2.24) is 10.9 Å². The van der Waals surface area contributed by atoms with Crippen LogP contribution >= 0.6 is 12.2 Å². The van der Waals surface area contributed by atoms with E-state index in [1.165, 1.54) is 0 Å². The maximum Gasteiger partial charge on any atom is 0.194 e. The van der Waals surface area contributed by atoms with Crippen molar-refractivity contribution >= 4 is 17.3 Å². The topological polar surface area (TPSA) is 76.1 Å². The number of hydrazine groups is 2. The first-order chi connectivity index (χ1) is 4.81. The second-order valence-corrected chi connectivity index (χ2v) is 3.71. The monoisotopic (exact) mass is 180 g/mol. The predicted molar refractivity (Wildman–Crippen MR) is 51.2 cm³/mol. The average molecular weight is 180 g/mol. The molecule has 0 saturated carbocycles. The Kier molecular flexibility index (Phi) is 7.54. The maximum absolute atomic E-state index is 4.75. The molecule has 0 saturated heterocycles. The maximum atomic E-state index is 4.75. The number of rotatable bonds is 0. The minimum absolute atomic E-state index is 0.231. The molecule has 0 aromatic rings. The van der Waals surface area contributed by atoms with Gasteiger partial charge in [-0.3, -0.25) is 10.9 Å². The quantitative estimate of drug-likeness (QED) is 0.158. The van der Waals surface area contributed by atoms with E-state index in [1.807, 2.05) is 0 Å². The normalized spacial score (nSPS) is 9.27. The number of thiocarbonyl (C=S) groups is 1. The molecule has 0 radical (unpaired) electrons. The standard InChI is InChI=1S/C4H12N.CH6N4S/c1-5(2,3)4;2-4-1(6)5-3/h1-4H3;2-3H2,(H2,4,5,6)/q+1;. The highest BCUT2D eigenvalue weighted by Crippen LogP contribution is 1.73. The van der Waals surface area contributed by atoms with Gasteiger partial charge >= 0.3 is 0 Å². The van der Waals surface area contributed by atoms with Crippen LogP contribution in [0.15, 0.2) is 0 Å². The van der Waals surface area contributed by atoms with Crippen LogP contribution in [-0.2, 0) is 0 Å². The second kappa shape index (κ2) is 6.29. The van der Waals surface area contributed by atoms with Gasteiger partial charge in [0.1, 0.15) is 0 Å². The minimum atomic E-state index is 0.231. The zero-order valence-electron chi connectivity index (χ0n) is 7.51. The van der Waals surface area contributed by atoms with Gasteiger partial charge in [-0.25, -0.2) is 11.7 Å². The molecule has 0 heterocycles. The lowest BCUT2D eigenvalue weighted by molar-refractivity contribution is -0.849. The number of hydrogen-bond donors (Lipinski definition) is 4. The van der Waals surface area contributed by atoms with Crippen molar-refractivity contribution in [3.8, 4) is 0 Å². The molecular formula is C5H18N5S+. The highest BCUT2D eigenvalue weighted by Gasteiger charge is 1.88. The molecule has 0 rings (SSSR count). The molecule has 6 N–H and O–H groups in total. The Bertz CT molecular complexity index is 95.9. The van der Waals surface area contributed by atoms with Gasteiger partial charge in [0.05, 0.1) is 28.2 Å². The van der Waals surface area contributed by atoms with Crippen molar-refractivity contribution in [3.63, 3.8) is 0 Å². The molecule has 5 nitrogen and oxygen atoms in total. The molecule has 0 aliphatic heterocycles. The van der Waals surface area contributed by atoms with Gasteiger partial charge < -0.3 is 4.48 Å². The Morgan fingerprint density at radius 2 is 1.27 bits per heavy atom. The van der Waals surface area contributed by atoms with Gasteiger partial charge in [0, 0.05) is 0 Å². The smallest absolute Gasteiger partial charge is 0.194 e. The van der Waals surface area contributed by atoms with Crippen molar-refractivity contribution in [2.75, 3.05) is 28.2 Å². The number of nitrogens with two attached hydrogens (primary N) is 2. The van der Waals surface area contributed by atoms with Crippen molar-refractivity contribution in [3.05, 3.63) is 0 Å². The van der Waals surface area contributed by atoms with Crippen molar-refractivity contribution in [1.29, 1.82) is 0 Å². The summed E-state index contributed by atoms with van der Waals surface area (Å²) in [5.74, 6) is 9.50. The van der Waals surface area contributed by atoms with E-state index in [0.717, 1.165) is 4.48 Å². The van der Waals surface area contributed by atoms with Crippen molar-refractivity contribution in [2.45, 2.75) is 0 Å². The van der Waals surface area contributed by atoms with Gasteiger partial charge in [-0.2, -0.15) is 0 Å². The first-order valence-corrected chi connectivity index (χ1v) is 3.48. The third-order valence-corrected chi connectivity index (χ3v) is 0.498. The van der Waals surface area contributed by atoms with E-state index in [1.54, 1.807) is 0 Å². The Morgan fingerprint density at radius 3 is 1.27 bits per heavy atom. The Morgan fingerprint density at radius 1 is 1.09 bits per heavy atom. The molecule has 6 heteroatoms. The molecule has 0 aromatic heterocycles. The molecule has 0 aromatic carbocycles. The van der Waals surface area contributed by atoms with Crippen LogP contribution in [0, 0.1) is 0 Å². The third-order valence-electron chi connectivity index (χ3n) is 0.262. The molecule has 0 amide bonds. The summed E-state index contributed by atoms with van der Waals surface area (Å²) in [5, 5.41) is 0.231. The number of nitrogens with zero attached hydrogens (tertiary/aromatic N) is 1. The summed E-state index contributed by atoms with van der Waals surface area (Å²) >= 11 is 4.38. The lowest BCUT2D eigenvalue weighted by Gasteiger charge is -2.14. The lowest BCUT2D eigenvalue weighted by atomic mass is 10.8. The van der Waals surface area contributed by atoms with E-state index in [0.29, 0.717) is 0 Å². The molecule has 68 valence electrons. The summed E-state index contributed by atoms with van der Waals surface area (Å²) in [7, 11) is 8.50. The lowest BCUT2D eigenvalue weighted by Crippen LogP contribution is -2.43. The largest absolute Gasteiger partial charge is 0.333 e. The zero-order valence-corrected chi connectivity index (χ0v) is 8.33. The summed E-state index contributed by atoms with van der Waals surface area (Å²) in [5.41, 5.74) is 4.22. The van der Waals surface area contributed by atoms with Gasteiger partial charge in [0.2, 0.25) is 0 Å². The van der Waals surface area contributed by atoms with Crippen LogP contribution in [0.2, 0.25) is 0 Å². The summed E-state index contributed by atoms with van der Waals surface area (Å²) in [6.45, 7) is 0. The average Bonchev–Trinajstić information content (AvgIpc) is 1.83. The Hall–Kier alpha value is -0.430. The highest BCUT2D eigenvalue weighted by atomic mass is 32.1. The van der Waals surface area contributed by atoms with Crippen molar-refractivity contribution < 1.29 is 4.48 Å². The molecule has 0 atom stereocenters. The van der Waals surface area contributed by atoms with Crippen molar-refractivity contribution in [2.24, 2.45) is 11.7 Å². The fourth-order valence-electron chi connectivity index (χ4n) is 0.0417. The van der Waals surface area contributed by atoms with E-state index in [-0.39, 0.29) is 5.11 Å². The SMILES string of the molecule is C[N+](C)(C)C.NNC(=S)NN. The van der Waals surface area contributed by atoms with Gasteiger partial charge in [-0.15, -0.1) is 0 Å². The van der Waals surface area contributed by atoms with E-state index in [9.17, 15) is 0 Å². The van der Waals surface area contributed by atoms with Crippen LogP contribution in [0.4, 0.5) is 0 Å². The molecule has 0 fully saturated rings. The van der Waals surface area contributed by atoms with Crippen LogP contribution in [0.25, 0.3) is 0 Å². The second-order valence-electron chi connectivity index (χ2n) is 3.30. The van der Waals surface area contributed by atoms with E-state index < -0.39 is 0 Å². The van der Waals surface area contributed by atoms with Crippen LogP contribution < -0.4 is 22.5 Å². The Labute approximate surface area is 73.3 Å². The zero-order chi connectivity index (χ0) is 9.49. The molecule has 0 bridgehead atoms. The third kappa shape index (κ3) is 43.0. The Balaban J connectivity index is 0. The summed E-state index contributed by atoms with van der Waals surface area (Å²) in [6, 6.07) is 0. The fourth-order valence-corrected chi connectivity index (χ4v) is 0.0417. The minimum Gasteiger partial charge on any atom is -0.333 e. The summed E-state index contributed by atoms with van der Waals surface area (Å²) < 4.78 is 1.00. The molecule has 11 heavy (non-hydrogen) atoms. The summed E-state index contributed by atoms with van der Waals surface area (Å²) in [6.07, 6.45) is 0. The molecule has 0 aliphatic carbocycles. The molecule has 0 spiro atoms. The molecule has 0 aliphatic rings. The van der Waals surface area contributed by atoms with Crippen LogP contribution in [-0.4, -0.2) is 37.8 Å². The predicted octanol–water partition coefficient (Wildman–Crippen LogP) is -1.48. The van der Waals surface area contributed by atoms with Gasteiger partial charge in [-0.05, 0) is 12.2 Å². The van der Waals surface area contributed by atoms with Crippen LogP contribution in [0.1, 0.15) is 0 Å². The number of quaternary nitrogens is 1. The highest BCUT2D eigenvalue weighted by molar-refractivity contribution is 7.80. The van der Waals surface area contributed by atoms with Gasteiger partial charge in [0.25, 0.3) is 0 Å². The van der Waals surface area contributed by atoms with E-state index in [2.05, 4.69) is 51.3 Å². The van der Waals surface area contributed by atoms with E-state index >= 15 is 0 Å². The first kappa shape index (κ1) is 13.2. The number of nitrogens with one attached hydrogen (secondary N) is 2. The van der Waals surface area contributed by atoms with Crippen LogP contribution in [0.5, 0.6) is 0 Å². The molecular weight excluding hydrogens is 162 g/mol. The first-order valence-electron chi connectivity index (χ1n) is 3.07. The molecule has 0 unspecified atom stereocenters. The number of hydrogen-bond acceptors (Lipinski definition) is 3. The summed E-state index contributed by atoms with van der Waals surface area (Å²) in [4.78, 5) is 0. The van der Waals surface area contributed by atoms with Gasteiger partial charge in [-0.1, -0.05) is 0 Å². The van der Waals surface area contributed by atoms with Crippen LogP contribution in [0.3, 0.4) is 0 Å². The van der Waals surface area contributed by atoms with Gasteiger partial charge in [0.15, 0.2) is 5.11 Å². The fraction of sp³-hybridized carbons (Fsp3) is 0.800.